The van der Waals surface area contributed by atoms with Gasteiger partial charge in [-0.25, -0.2) is 0 Å². The van der Waals surface area contributed by atoms with E-state index in [0.29, 0.717) is 30.6 Å². The molecule has 2 N–H and O–H groups in total. The Kier molecular flexibility index (Phi) is 9.34. The van der Waals surface area contributed by atoms with Crippen molar-refractivity contribution in [3.8, 4) is 11.5 Å². The highest BCUT2D eigenvalue weighted by molar-refractivity contribution is 14.0. The fourth-order valence-corrected chi connectivity index (χ4v) is 2.30. The molecule has 0 fully saturated rings. The Hall–Kier alpha value is -2.56. The fourth-order valence-electron chi connectivity index (χ4n) is 2.30. The molecule has 0 heterocycles. The highest BCUT2D eigenvalue weighted by atomic mass is 127. The van der Waals surface area contributed by atoms with Gasteiger partial charge in [-0.3, -0.25) is 15.1 Å². The number of nitro benzene ring substituents is 1. The van der Waals surface area contributed by atoms with Crippen molar-refractivity contribution in [3.63, 3.8) is 0 Å². The standard InChI is InChI=1S/C18H22N4O4.HI/c1-4-26-16-9-8-14(11-17(16)25-3)21-18(19-2)20-12-13-6-5-7-15(10-13)22(23)24;/h5-11H,4,12H2,1-3H3,(H2,19,20,21);1H. The van der Waals surface area contributed by atoms with Crippen molar-refractivity contribution in [1.82, 2.24) is 5.32 Å². The van der Waals surface area contributed by atoms with Crippen LogP contribution in [0.5, 0.6) is 11.5 Å². The maximum Gasteiger partial charge on any atom is 0.269 e. The van der Waals surface area contributed by atoms with Crippen molar-refractivity contribution < 1.29 is 14.4 Å². The molecule has 0 saturated heterocycles. The summed E-state index contributed by atoms with van der Waals surface area (Å²) in [5.41, 5.74) is 1.62. The summed E-state index contributed by atoms with van der Waals surface area (Å²) in [4.78, 5) is 14.6. The van der Waals surface area contributed by atoms with Gasteiger partial charge in [-0.05, 0) is 24.6 Å². The van der Waals surface area contributed by atoms with E-state index in [1.807, 2.05) is 31.2 Å². The van der Waals surface area contributed by atoms with E-state index in [-0.39, 0.29) is 29.7 Å². The zero-order valence-corrected chi connectivity index (χ0v) is 17.7. The molecule has 2 rings (SSSR count). The molecule has 9 heteroatoms. The lowest BCUT2D eigenvalue weighted by Crippen LogP contribution is -2.30. The third kappa shape index (κ3) is 6.59. The monoisotopic (exact) mass is 486 g/mol. The Balaban J connectivity index is 0.00000364. The number of guanidine groups is 1. The number of halogens is 1. The van der Waals surface area contributed by atoms with E-state index in [0.717, 1.165) is 11.3 Å². The average Bonchev–Trinajstić information content (AvgIpc) is 2.66. The summed E-state index contributed by atoms with van der Waals surface area (Å²) in [5.74, 6) is 1.81. The molecule has 146 valence electrons. The first-order valence-electron chi connectivity index (χ1n) is 8.09. The van der Waals surface area contributed by atoms with Crippen LogP contribution in [0.1, 0.15) is 12.5 Å². The maximum absolute atomic E-state index is 10.9. The largest absolute Gasteiger partial charge is 0.493 e. The van der Waals surface area contributed by atoms with E-state index < -0.39 is 4.92 Å². The van der Waals surface area contributed by atoms with Crippen LogP contribution in [0, 0.1) is 10.1 Å². The lowest BCUT2D eigenvalue weighted by atomic mass is 10.2. The highest BCUT2D eigenvalue weighted by Gasteiger charge is 2.08. The van der Waals surface area contributed by atoms with E-state index in [9.17, 15) is 10.1 Å². The molecule has 0 spiro atoms. The number of rotatable bonds is 7. The Morgan fingerprint density at radius 2 is 2.00 bits per heavy atom. The van der Waals surface area contributed by atoms with Crippen LogP contribution in [-0.4, -0.2) is 31.6 Å². The van der Waals surface area contributed by atoms with Crippen LogP contribution in [0.25, 0.3) is 0 Å². The molecule has 2 aromatic carbocycles. The van der Waals surface area contributed by atoms with Crippen LogP contribution in [0.2, 0.25) is 0 Å². The van der Waals surface area contributed by atoms with Gasteiger partial charge in [0.05, 0.1) is 18.6 Å². The number of benzene rings is 2. The Labute approximate surface area is 175 Å². The van der Waals surface area contributed by atoms with Gasteiger partial charge in [0.2, 0.25) is 0 Å². The Bertz CT molecular complexity index is 799. The van der Waals surface area contributed by atoms with Gasteiger partial charge < -0.3 is 20.1 Å². The van der Waals surface area contributed by atoms with Crippen molar-refractivity contribution >= 4 is 41.3 Å². The van der Waals surface area contributed by atoms with Gasteiger partial charge in [0.15, 0.2) is 17.5 Å². The van der Waals surface area contributed by atoms with Crippen molar-refractivity contribution in [1.29, 1.82) is 0 Å². The molecular formula is C18H23IN4O4. The molecule has 27 heavy (non-hydrogen) atoms. The summed E-state index contributed by atoms with van der Waals surface area (Å²) in [6.07, 6.45) is 0. The second-order valence-corrected chi connectivity index (χ2v) is 5.28. The first-order chi connectivity index (χ1) is 12.6. The lowest BCUT2D eigenvalue weighted by molar-refractivity contribution is -0.384. The van der Waals surface area contributed by atoms with Gasteiger partial charge in [0.1, 0.15) is 0 Å². The van der Waals surface area contributed by atoms with Gasteiger partial charge in [-0.1, -0.05) is 12.1 Å². The van der Waals surface area contributed by atoms with Crippen LogP contribution in [-0.2, 0) is 6.54 Å². The molecule has 2 aromatic rings. The molecular weight excluding hydrogens is 463 g/mol. The minimum atomic E-state index is -0.414. The van der Waals surface area contributed by atoms with E-state index in [1.54, 1.807) is 20.2 Å². The number of ether oxygens (including phenoxy) is 2. The molecule has 0 aliphatic rings. The minimum absolute atomic E-state index is 0. The molecule has 0 aromatic heterocycles. The van der Waals surface area contributed by atoms with Crippen LogP contribution in [0.4, 0.5) is 11.4 Å². The van der Waals surface area contributed by atoms with Crippen LogP contribution >= 0.6 is 24.0 Å². The summed E-state index contributed by atoms with van der Waals surface area (Å²) >= 11 is 0. The third-order valence-corrected chi connectivity index (χ3v) is 3.53. The van der Waals surface area contributed by atoms with Crippen LogP contribution in [0.15, 0.2) is 47.5 Å². The number of methoxy groups -OCH3 is 1. The normalized spacial score (nSPS) is 10.6. The molecule has 0 amide bonds. The first-order valence-corrected chi connectivity index (χ1v) is 8.09. The Morgan fingerprint density at radius 1 is 1.22 bits per heavy atom. The number of anilines is 1. The summed E-state index contributed by atoms with van der Waals surface area (Å²) in [6.45, 7) is 2.86. The summed E-state index contributed by atoms with van der Waals surface area (Å²) < 4.78 is 10.8. The number of nitrogens with zero attached hydrogens (tertiary/aromatic N) is 2. The number of hydrogen-bond donors (Lipinski definition) is 2. The number of non-ortho nitro benzene ring substituents is 1. The van der Waals surface area contributed by atoms with Gasteiger partial charge in [-0.15, -0.1) is 24.0 Å². The molecule has 0 radical (unpaired) electrons. The highest BCUT2D eigenvalue weighted by Crippen LogP contribution is 2.30. The van der Waals surface area contributed by atoms with E-state index in [4.69, 9.17) is 9.47 Å². The van der Waals surface area contributed by atoms with E-state index in [1.165, 1.54) is 12.1 Å². The van der Waals surface area contributed by atoms with Crippen LogP contribution in [0.3, 0.4) is 0 Å². The predicted octanol–water partition coefficient (Wildman–Crippen LogP) is 3.81. The smallest absolute Gasteiger partial charge is 0.269 e. The SMILES string of the molecule is CCOc1ccc(NC(=NC)NCc2cccc([N+](=O)[O-])c2)cc1OC.I. The molecule has 0 aliphatic carbocycles. The number of hydrogen-bond acceptors (Lipinski definition) is 5. The van der Waals surface area contributed by atoms with Gasteiger partial charge >= 0.3 is 0 Å². The van der Waals surface area contributed by atoms with Crippen LogP contribution < -0.4 is 20.1 Å². The summed E-state index contributed by atoms with van der Waals surface area (Å²) in [5, 5.41) is 17.1. The Morgan fingerprint density at radius 3 is 2.63 bits per heavy atom. The number of nitro groups is 1. The molecule has 0 saturated carbocycles. The number of nitrogens with one attached hydrogen (secondary N) is 2. The zero-order chi connectivity index (χ0) is 18.9. The minimum Gasteiger partial charge on any atom is -0.493 e. The van der Waals surface area contributed by atoms with Gasteiger partial charge in [0.25, 0.3) is 5.69 Å². The van der Waals surface area contributed by atoms with E-state index >= 15 is 0 Å². The van der Waals surface area contributed by atoms with Gasteiger partial charge in [0, 0.05) is 37.5 Å². The average molecular weight is 486 g/mol. The summed E-state index contributed by atoms with van der Waals surface area (Å²) in [6, 6.07) is 11.9. The lowest BCUT2D eigenvalue weighted by Gasteiger charge is -2.14. The molecule has 0 atom stereocenters. The van der Waals surface area contributed by atoms with Crippen molar-refractivity contribution in [2.75, 3.05) is 26.1 Å². The topological polar surface area (TPSA) is 98.0 Å². The predicted molar refractivity (Wildman–Crippen MR) is 116 cm³/mol. The first kappa shape index (κ1) is 22.5. The second-order valence-electron chi connectivity index (χ2n) is 5.28. The molecule has 0 unspecified atom stereocenters. The van der Waals surface area contributed by atoms with Crippen molar-refractivity contribution in [2.24, 2.45) is 4.99 Å². The molecule has 0 aliphatic heterocycles. The van der Waals surface area contributed by atoms with Gasteiger partial charge in [-0.2, -0.15) is 0 Å². The number of aliphatic imine (C=N–C) groups is 1. The van der Waals surface area contributed by atoms with Crippen molar-refractivity contribution in [3.05, 3.63) is 58.1 Å². The van der Waals surface area contributed by atoms with E-state index in [2.05, 4.69) is 15.6 Å². The summed E-state index contributed by atoms with van der Waals surface area (Å²) in [7, 11) is 3.23. The third-order valence-electron chi connectivity index (χ3n) is 3.53. The maximum atomic E-state index is 10.9. The molecule has 0 bridgehead atoms. The zero-order valence-electron chi connectivity index (χ0n) is 15.4. The quantitative estimate of drug-likeness (QED) is 0.203. The fraction of sp³-hybridized carbons (Fsp3) is 0.278. The second kappa shape index (κ2) is 11.2. The van der Waals surface area contributed by atoms with Crippen molar-refractivity contribution in [2.45, 2.75) is 13.5 Å². The molecule has 8 nitrogen and oxygen atoms in total.